The molecule has 4 saturated heterocycles. The van der Waals surface area contributed by atoms with Gasteiger partial charge in [-0.05, 0) is 107 Å². The first kappa shape index (κ1) is 47.6. The van der Waals surface area contributed by atoms with Crippen molar-refractivity contribution >= 4 is 17.6 Å². The Bertz CT molecular complexity index is 2420. The summed E-state index contributed by atoms with van der Waals surface area (Å²) in [5.41, 5.74) is -0.593. The summed E-state index contributed by atoms with van der Waals surface area (Å²) in [5, 5.41) is 0. The zero-order valence-corrected chi connectivity index (χ0v) is 39.8. The fourth-order valence-electron chi connectivity index (χ4n) is 11.2. The van der Waals surface area contributed by atoms with Crippen LogP contribution < -0.4 is 24.0 Å². The number of amides is 1. The van der Waals surface area contributed by atoms with Crippen molar-refractivity contribution in [1.29, 1.82) is 0 Å². The second kappa shape index (κ2) is 18.5. The molecule has 0 spiro atoms. The first-order chi connectivity index (χ1) is 32.3. The molecule has 366 valence electrons. The minimum absolute atomic E-state index is 0.00306. The smallest absolute Gasteiger partial charge is 0.417 e. The van der Waals surface area contributed by atoms with Crippen molar-refractivity contribution in [3.63, 3.8) is 0 Å². The van der Waals surface area contributed by atoms with Crippen molar-refractivity contribution in [2.75, 3.05) is 56.8 Å². The van der Waals surface area contributed by atoms with Crippen LogP contribution in [-0.4, -0.2) is 102 Å². The van der Waals surface area contributed by atoms with Gasteiger partial charge in [-0.2, -0.15) is 23.1 Å². The Kier molecular flexibility index (Phi) is 12.9. The molecule has 68 heavy (non-hydrogen) atoms. The van der Waals surface area contributed by atoms with E-state index >= 15 is 17.6 Å². The molecule has 5 aliphatic rings. The normalized spacial score (nSPS) is 24.7. The van der Waals surface area contributed by atoms with Gasteiger partial charge in [0.15, 0.2) is 5.82 Å². The molecule has 6 atom stereocenters. The monoisotopic (exact) mass is 948 g/mol. The standard InChI is InChI=1S/C51H61F5N6O6/c1-30-21-40(59(23-32-9-15-37(64-6)16-10-32)24-33-11-17-38(65-7)18-12-33)43(53)41(42(30)51(54,55)56)45-31(2)44-39(28-66-45)46(58-47(57-44)67-29-50-19-8-20-61(50)25-34(52)22-50)60-26-35-13-14-36(27-60)62(35)48(63)68-49(3,4)5/h9-12,15-18,21,31,34-36,45H,8,13-14,19-20,22-29H2,1-7H3/t31?,34-,35?,36?,45?,50+/m1/s1. The lowest BCUT2D eigenvalue weighted by molar-refractivity contribution is -0.141. The number of hydrogen-bond acceptors (Lipinski definition) is 11. The van der Waals surface area contributed by atoms with Crippen LogP contribution in [0.5, 0.6) is 17.5 Å². The third-order valence-corrected chi connectivity index (χ3v) is 14.4. The van der Waals surface area contributed by atoms with E-state index in [0.717, 1.165) is 43.4 Å². The summed E-state index contributed by atoms with van der Waals surface area (Å²) in [6, 6.07) is 15.4. The van der Waals surface area contributed by atoms with E-state index in [0.29, 0.717) is 54.6 Å². The van der Waals surface area contributed by atoms with Gasteiger partial charge >= 0.3 is 18.3 Å². The molecule has 0 aliphatic carbocycles. The third kappa shape index (κ3) is 9.36. The lowest BCUT2D eigenvalue weighted by Gasteiger charge is -2.43. The molecule has 2 bridgehead atoms. The minimum atomic E-state index is -4.95. The van der Waals surface area contributed by atoms with E-state index < -0.39 is 52.5 Å². The Hall–Kier alpha value is -5.42. The number of anilines is 2. The quantitative estimate of drug-likeness (QED) is 0.127. The number of piperazine rings is 1. The number of hydrogen-bond donors (Lipinski definition) is 0. The molecule has 4 unspecified atom stereocenters. The minimum Gasteiger partial charge on any atom is -0.497 e. The molecule has 6 heterocycles. The highest BCUT2D eigenvalue weighted by Crippen LogP contribution is 2.51. The Morgan fingerprint density at radius 2 is 1.54 bits per heavy atom. The molecule has 3 aromatic carbocycles. The topological polar surface area (TPSA) is 102 Å². The van der Waals surface area contributed by atoms with Gasteiger partial charge in [-0.25, -0.2) is 13.6 Å². The Morgan fingerprint density at radius 3 is 2.12 bits per heavy atom. The van der Waals surface area contributed by atoms with Gasteiger partial charge in [-0.15, -0.1) is 0 Å². The molecule has 1 aromatic heterocycles. The van der Waals surface area contributed by atoms with Crippen molar-refractivity contribution in [2.24, 2.45) is 0 Å². The molecule has 0 radical (unpaired) electrons. The average molecular weight is 949 g/mol. The SMILES string of the molecule is COc1ccc(CN(Cc2ccc(OC)cc2)c2cc(C)c(C(F)(F)F)c(C3OCc4c(nc(OC[C@@]56CCCN5C[C@H](F)C6)nc4N4CC5CCC(C4)N5C(=O)OC(C)(C)C)C3C)c2F)cc1. The van der Waals surface area contributed by atoms with Gasteiger partial charge in [0.2, 0.25) is 0 Å². The van der Waals surface area contributed by atoms with Gasteiger partial charge in [0.05, 0.1) is 61.5 Å². The molecule has 0 saturated carbocycles. The second-order valence-electron chi connectivity index (χ2n) is 20.1. The Morgan fingerprint density at radius 1 is 0.926 bits per heavy atom. The van der Waals surface area contributed by atoms with E-state index in [9.17, 15) is 9.18 Å². The van der Waals surface area contributed by atoms with Crippen LogP contribution in [0.3, 0.4) is 0 Å². The summed E-state index contributed by atoms with van der Waals surface area (Å²) in [7, 11) is 3.11. The number of benzene rings is 3. The number of rotatable bonds is 12. The highest BCUT2D eigenvalue weighted by Gasteiger charge is 2.51. The second-order valence-corrected chi connectivity index (χ2v) is 20.1. The van der Waals surface area contributed by atoms with Crippen molar-refractivity contribution in [3.8, 4) is 17.5 Å². The number of fused-ring (bicyclic) bond motifs is 4. The van der Waals surface area contributed by atoms with E-state index in [-0.39, 0.29) is 61.7 Å². The van der Waals surface area contributed by atoms with Gasteiger partial charge in [0.1, 0.15) is 35.7 Å². The summed E-state index contributed by atoms with van der Waals surface area (Å²) >= 11 is 0. The first-order valence-corrected chi connectivity index (χ1v) is 23.6. The van der Waals surface area contributed by atoms with Crippen LogP contribution in [0.2, 0.25) is 0 Å². The molecular weight excluding hydrogens is 888 g/mol. The van der Waals surface area contributed by atoms with Crippen molar-refractivity contribution in [3.05, 3.63) is 99.5 Å². The number of carbonyl (C=O) groups excluding carboxylic acids is 1. The summed E-state index contributed by atoms with van der Waals surface area (Å²) in [6.45, 7) is 10.7. The van der Waals surface area contributed by atoms with E-state index in [1.807, 2.05) is 49.9 Å². The predicted octanol–water partition coefficient (Wildman–Crippen LogP) is 10.1. The maximum atomic E-state index is 17.9. The van der Waals surface area contributed by atoms with E-state index in [1.165, 1.54) is 13.0 Å². The van der Waals surface area contributed by atoms with Crippen LogP contribution in [-0.2, 0) is 35.3 Å². The molecule has 5 aliphatic heterocycles. The van der Waals surface area contributed by atoms with Gasteiger partial charge in [0.25, 0.3) is 0 Å². The lowest BCUT2D eigenvalue weighted by atomic mass is 9.84. The molecule has 1 amide bonds. The van der Waals surface area contributed by atoms with Crippen LogP contribution in [0, 0.1) is 12.7 Å². The number of alkyl halides is 4. The average Bonchev–Trinajstić information content (AvgIpc) is 3.92. The van der Waals surface area contributed by atoms with Crippen molar-refractivity contribution < 1.29 is 50.4 Å². The molecule has 9 rings (SSSR count). The summed E-state index contributed by atoms with van der Waals surface area (Å²) < 4.78 is 109. The van der Waals surface area contributed by atoms with Crippen LogP contribution >= 0.6 is 0 Å². The highest BCUT2D eigenvalue weighted by atomic mass is 19.4. The fraction of sp³-hybridized carbons (Fsp3) is 0.549. The number of nitrogens with zero attached hydrogens (tertiary/aromatic N) is 6. The maximum absolute atomic E-state index is 17.9. The zero-order valence-electron chi connectivity index (χ0n) is 39.8. The number of halogens is 5. The Labute approximate surface area is 394 Å². The van der Waals surface area contributed by atoms with Gasteiger partial charge in [-0.3, -0.25) is 9.80 Å². The lowest BCUT2D eigenvalue weighted by Crippen LogP contribution is -2.57. The molecule has 0 N–H and O–H groups in total. The van der Waals surface area contributed by atoms with Crippen molar-refractivity contribution in [2.45, 2.75) is 134 Å². The summed E-state index contributed by atoms with van der Waals surface area (Å²) in [6.07, 6.45) is -4.29. The van der Waals surface area contributed by atoms with Gasteiger partial charge in [0, 0.05) is 56.2 Å². The molecular formula is C51H61F5N6O6. The third-order valence-electron chi connectivity index (χ3n) is 14.4. The number of methoxy groups -OCH3 is 2. The van der Waals surface area contributed by atoms with Crippen LogP contribution in [0.4, 0.5) is 38.3 Å². The van der Waals surface area contributed by atoms with Crippen LogP contribution in [0.15, 0.2) is 54.6 Å². The van der Waals surface area contributed by atoms with Crippen LogP contribution in [0.1, 0.15) is 111 Å². The molecule has 12 nitrogen and oxygen atoms in total. The van der Waals surface area contributed by atoms with Crippen molar-refractivity contribution in [1.82, 2.24) is 19.8 Å². The largest absolute Gasteiger partial charge is 0.497 e. The maximum Gasteiger partial charge on any atom is 0.417 e. The van der Waals surface area contributed by atoms with E-state index in [1.54, 1.807) is 50.3 Å². The summed E-state index contributed by atoms with van der Waals surface area (Å²) in [5.74, 6) is -0.235. The molecule has 17 heteroatoms. The fourth-order valence-corrected chi connectivity index (χ4v) is 11.2. The first-order valence-electron chi connectivity index (χ1n) is 23.6. The van der Waals surface area contributed by atoms with Gasteiger partial charge < -0.3 is 33.5 Å². The van der Waals surface area contributed by atoms with Crippen LogP contribution in [0.25, 0.3) is 0 Å². The molecule has 4 aromatic rings. The van der Waals surface area contributed by atoms with Gasteiger partial charge in [-0.1, -0.05) is 31.2 Å². The number of aromatic nitrogens is 2. The number of ether oxygens (including phenoxy) is 5. The van der Waals surface area contributed by atoms with E-state index in [2.05, 4.69) is 9.80 Å². The predicted molar refractivity (Wildman–Crippen MR) is 246 cm³/mol. The summed E-state index contributed by atoms with van der Waals surface area (Å²) in [4.78, 5) is 31.1. The zero-order chi connectivity index (χ0) is 48.3. The van der Waals surface area contributed by atoms with E-state index in [4.69, 9.17) is 33.7 Å². The number of carbonyl (C=O) groups is 1. The highest BCUT2D eigenvalue weighted by molar-refractivity contribution is 5.70. The Balaban J connectivity index is 1.11. The number of aryl methyl sites for hydroxylation is 1. The molecule has 4 fully saturated rings.